The Morgan fingerprint density at radius 3 is 2.76 bits per heavy atom. The maximum atomic E-state index is 12.5. The number of halogens is 2. The fourth-order valence-corrected chi connectivity index (χ4v) is 3.71. The number of carbonyl (C=O) groups excluding carboxylic acids is 1. The fourth-order valence-electron chi connectivity index (χ4n) is 3.42. The van der Waals surface area contributed by atoms with E-state index in [4.69, 9.17) is 23.2 Å². The van der Waals surface area contributed by atoms with Crippen molar-refractivity contribution in [3.05, 3.63) is 76.0 Å². The molecule has 8 heteroatoms. The molecular formula is C21H21Cl2N5O. The lowest BCUT2D eigenvalue weighted by molar-refractivity contribution is -0.129. The fraction of sp³-hybridized carbons (Fsp3) is 0.286. The van der Waals surface area contributed by atoms with Gasteiger partial charge in [-0.05, 0) is 30.2 Å². The van der Waals surface area contributed by atoms with E-state index >= 15 is 0 Å². The first-order valence-electron chi connectivity index (χ1n) is 9.50. The first-order chi connectivity index (χ1) is 14.1. The predicted molar refractivity (Wildman–Crippen MR) is 113 cm³/mol. The quantitative estimate of drug-likeness (QED) is 0.650. The van der Waals surface area contributed by atoms with Crippen LogP contribution in [0.5, 0.6) is 0 Å². The van der Waals surface area contributed by atoms with Gasteiger partial charge in [0.25, 0.3) is 0 Å². The number of nitrogens with zero attached hydrogens (tertiary/aromatic N) is 4. The maximum Gasteiger partial charge on any atom is 0.227 e. The molecule has 4 rings (SSSR count). The van der Waals surface area contributed by atoms with Gasteiger partial charge in [0.1, 0.15) is 0 Å². The van der Waals surface area contributed by atoms with Crippen molar-refractivity contribution >= 4 is 29.1 Å². The van der Waals surface area contributed by atoms with E-state index in [9.17, 15) is 4.79 Å². The molecule has 150 valence electrons. The third kappa shape index (κ3) is 4.96. The van der Waals surface area contributed by atoms with Crippen LogP contribution < -0.4 is 5.32 Å². The summed E-state index contributed by atoms with van der Waals surface area (Å²) in [6.07, 6.45) is 3.24. The van der Waals surface area contributed by atoms with Gasteiger partial charge in [0.05, 0.1) is 34.0 Å². The normalized spacial score (nSPS) is 16.3. The molecule has 1 saturated heterocycles. The number of benzene rings is 2. The monoisotopic (exact) mass is 429 g/mol. The van der Waals surface area contributed by atoms with Crippen molar-refractivity contribution in [2.24, 2.45) is 0 Å². The van der Waals surface area contributed by atoms with E-state index in [1.54, 1.807) is 16.8 Å². The number of rotatable bonds is 6. The highest BCUT2D eigenvalue weighted by molar-refractivity contribution is 6.42. The number of carbonyl (C=O) groups is 1. The molecule has 0 bridgehead atoms. The van der Waals surface area contributed by atoms with Crippen LogP contribution in [0.3, 0.4) is 0 Å². The summed E-state index contributed by atoms with van der Waals surface area (Å²) in [5.41, 5.74) is 2.68. The Balaban J connectivity index is 1.28. The van der Waals surface area contributed by atoms with Crippen LogP contribution in [0.2, 0.25) is 10.0 Å². The number of likely N-dealkylation sites (tertiary alicyclic amines) is 1. The molecular weight excluding hydrogens is 409 g/mol. The number of hydrogen-bond donors (Lipinski definition) is 1. The van der Waals surface area contributed by atoms with Crippen molar-refractivity contribution in [3.8, 4) is 5.69 Å². The molecule has 1 aromatic heterocycles. The smallest absolute Gasteiger partial charge is 0.227 e. The third-order valence-electron chi connectivity index (χ3n) is 5.02. The average molecular weight is 430 g/mol. The Hall–Kier alpha value is -2.41. The summed E-state index contributed by atoms with van der Waals surface area (Å²) >= 11 is 12.0. The van der Waals surface area contributed by atoms with Crippen LogP contribution in [0.15, 0.2) is 54.7 Å². The first kappa shape index (κ1) is 19.9. The van der Waals surface area contributed by atoms with Crippen molar-refractivity contribution in [2.75, 3.05) is 13.1 Å². The summed E-state index contributed by atoms with van der Waals surface area (Å²) in [5, 5.41) is 12.8. The molecule has 1 aliphatic heterocycles. The zero-order valence-corrected chi connectivity index (χ0v) is 17.3. The first-order valence-corrected chi connectivity index (χ1v) is 10.3. The molecule has 1 amide bonds. The highest BCUT2D eigenvalue weighted by Gasteiger charge is 2.25. The van der Waals surface area contributed by atoms with Gasteiger partial charge < -0.3 is 10.2 Å². The largest absolute Gasteiger partial charge is 0.341 e. The lowest BCUT2D eigenvalue weighted by Crippen LogP contribution is -2.35. The second-order valence-electron chi connectivity index (χ2n) is 7.12. The summed E-state index contributed by atoms with van der Waals surface area (Å²) in [6.45, 7) is 2.08. The number of hydrogen-bond acceptors (Lipinski definition) is 4. The third-order valence-corrected chi connectivity index (χ3v) is 5.76. The minimum Gasteiger partial charge on any atom is -0.341 e. The van der Waals surface area contributed by atoms with E-state index in [1.165, 1.54) is 0 Å². The standard InChI is InChI=1S/C21H21Cl2N5O/c22-19-7-6-18(11-20(19)23)28-14-17(25-26-28)12-24-16-8-9-27(13-16)21(29)10-15-4-2-1-3-5-15/h1-7,11,14,16,24H,8-10,12-13H2. The predicted octanol–water partition coefficient (Wildman–Crippen LogP) is 3.51. The van der Waals surface area contributed by atoms with Gasteiger partial charge in [0.15, 0.2) is 0 Å². The Morgan fingerprint density at radius 2 is 1.97 bits per heavy atom. The van der Waals surface area contributed by atoms with Gasteiger partial charge in [-0.1, -0.05) is 58.7 Å². The van der Waals surface area contributed by atoms with E-state index in [0.717, 1.165) is 29.9 Å². The average Bonchev–Trinajstić information content (AvgIpc) is 3.39. The van der Waals surface area contributed by atoms with Gasteiger partial charge in [-0.25, -0.2) is 4.68 Å². The van der Waals surface area contributed by atoms with E-state index in [1.807, 2.05) is 47.5 Å². The molecule has 6 nitrogen and oxygen atoms in total. The van der Waals surface area contributed by atoms with E-state index in [-0.39, 0.29) is 11.9 Å². The van der Waals surface area contributed by atoms with E-state index in [0.29, 0.717) is 29.6 Å². The molecule has 1 atom stereocenters. The second kappa shape index (κ2) is 8.95. The molecule has 1 fully saturated rings. The number of aromatic nitrogens is 3. The van der Waals surface area contributed by atoms with Crippen molar-refractivity contribution in [1.29, 1.82) is 0 Å². The van der Waals surface area contributed by atoms with Crippen molar-refractivity contribution in [2.45, 2.75) is 25.4 Å². The van der Waals surface area contributed by atoms with Crippen LogP contribution in [-0.2, 0) is 17.8 Å². The van der Waals surface area contributed by atoms with Crippen LogP contribution in [0.1, 0.15) is 17.7 Å². The molecule has 2 heterocycles. The summed E-state index contributed by atoms with van der Waals surface area (Å²) in [7, 11) is 0. The van der Waals surface area contributed by atoms with Gasteiger partial charge >= 0.3 is 0 Å². The molecule has 1 aliphatic rings. The summed E-state index contributed by atoms with van der Waals surface area (Å²) in [5.74, 6) is 0.172. The lowest BCUT2D eigenvalue weighted by Gasteiger charge is -2.17. The molecule has 2 aromatic carbocycles. The van der Waals surface area contributed by atoms with Crippen molar-refractivity contribution in [1.82, 2.24) is 25.2 Å². The summed E-state index contributed by atoms with van der Waals surface area (Å²) in [4.78, 5) is 14.4. The van der Waals surface area contributed by atoms with E-state index < -0.39 is 0 Å². The second-order valence-corrected chi connectivity index (χ2v) is 7.94. The van der Waals surface area contributed by atoms with Crippen LogP contribution in [-0.4, -0.2) is 44.9 Å². The van der Waals surface area contributed by atoms with E-state index in [2.05, 4.69) is 15.6 Å². The highest BCUT2D eigenvalue weighted by Crippen LogP contribution is 2.24. The van der Waals surface area contributed by atoms with Crippen LogP contribution in [0.25, 0.3) is 5.69 Å². The number of nitrogens with one attached hydrogen (secondary N) is 1. The lowest BCUT2D eigenvalue weighted by atomic mass is 10.1. The Morgan fingerprint density at radius 1 is 1.14 bits per heavy atom. The van der Waals surface area contributed by atoms with Gasteiger partial charge in [0.2, 0.25) is 5.91 Å². The van der Waals surface area contributed by atoms with Crippen molar-refractivity contribution < 1.29 is 4.79 Å². The SMILES string of the molecule is O=C(Cc1ccccc1)N1CCC(NCc2cn(-c3ccc(Cl)c(Cl)c3)nn2)C1. The molecule has 1 unspecified atom stereocenters. The van der Waals surface area contributed by atoms with Crippen LogP contribution >= 0.6 is 23.2 Å². The van der Waals surface area contributed by atoms with Crippen LogP contribution in [0, 0.1) is 0 Å². The zero-order chi connectivity index (χ0) is 20.2. The van der Waals surface area contributed by atoms with Gasteiger partial charge in [-0.2, -0.15) is 0 Å². The number of amides is 1. The molecule has 0 spiro atoms. The van der Waals surface area contributed by atoms with Crippen molar-refractivity contribution in [3.63, 3.8) is 0 Å². The van der Waals surface area contributed by atoms with Crippen LogP contribution in [0.4, 0.5) is 0 Å². The minimum atomic E-state index is 0.172. The maximum absolute atomic E-state index is 12.5. The summed E-state index contributed by atoms with van der Waals surface area (Å²) < 4.78 is 1.67. The topological polar surface area (TPSA) is 63.1 Å². The van der Waals surface area contributed by atoms with Gasteiger partial charge in [-0.3, -0.25) is 4.79 Å². The molecule has 0 saturated carbocycles. The molecule has 1 N–H and O–H groups in total. The Bertz CT molecular complexity index is 992. The molecule has 0 radical (unpaired) electrons. The highest BCUT2D eigenvalue weighted by atomic mass is 35.5. The van der Waals surface area contributed by atoms with Gasteiger partial charge in [-0.15, -0.1) is 5.10 Å². The zero-order valence-electron chi connectivity index (χ0n) is 15.8. The Labute approximate surface area is 179 Å². The molecule has 29 heavy (non-hydrogen) atoms. The van der Waals surface area contributed by atoms with Gasteiger partial charge in [0, 0.05) is 25.7 Å². The minimum absolute atomic E-state index is 0.172. The summed E-state index contributed by atoms with van der Waals surface area (Å²) in [6, 6.07) is 15.4. The molecule has 3 aromatic rings. The molecule has 0 aliphatic carbocycles. The Kier molecular flexibility index (Phi) is 6.13.